The average molecular weight is 252 g/mol. The summed E-state index contributed by atoms with van der Waals surface area (Å²) in [5.74, 6) is 0.721. The molecule has 2 unspecified atom stereocenters. The lowest BCUT2D eigenvalue weighted by molar-refractivity contribution is -0.0139. The number of ether oxygens (including phenoxy) is 3. The second kappa shape index (κ2) is 6.73. The first kappa shape index (κ1) is 13.3. The van der Waals surface area contributed by atoms with E-state index in [4.69, 9.17) is 14.2 Å². The molecule has 4 nitrogen and oxygen atoms in total. The molecule has 0 spiro atoms. The molecule has 0 aromatic heterocycles. The number of aliphatic hydroxyl groups excluding tert-OH is 1. The lowest BCUT2D eigenvalue weighted by Crippen LogP contribution is -2.17. The maximum atomic E-state index is 10.1. The first-order valence-corrected chi connectivity index (χ1v) is 6.40. The summed E-state index contributed by atoms with van der Waals surface area (Å²) in [5.41, 5.74) is 0.776. The standard InChI is InChI=1S/C14H20O4/c1-2-17-14-6-4-3-5-12(14)13(15)10-18-11-7-8-16-9-11/h3-6,11,13,15H,2,7-10H2,1H3. The van der Waals surface area contributed by atoms with Crippen molar-refractivity contribution in [1.29, 1.82) is 0 Å². The molecule has 4 heteroatoms. The van der Waals surface area contributed by atoms with Crippen molar-refractivity contribution in [2.24, 2.45) is 0 Å². The molecule has 2 atom stereocenters. The fourth-order valence-corrected chi connectivity index (χ4v) is 2.00. The van der Waals surface area contributed by atoms with Crippen LogP contribution in [0.15, 0.2) is 24.3 Å². The number of benzene rings is 1. The Hall–Kier alpha value is -1.10. The first-order chi connectivity index (χ1) is 8.81. The molecular weight excluding hydrogens is 232 g/mol. The molecule has 1 aromatic carbocycles. The number of para-hydroxylation sites is 1. The van der Waals surface area contributed by atoms with E-state index >= 15 is 0 Å². The zero-order chi connectivity index (χ0) is 12.8. The predicted molar refractivity (Wildman–Crippen MR) is 67.7 cm³/mol. The Morgan fingerprint density at radius 3 is 3.00 bits per heavy atom. The van der Waals surface area contributed by atoms with Crippen LogP contribution in [0.1, 0.15) is 25.0 Å². The van der Waals surface area contributed by atoms with Gasteiger partial charge in [-0.05, 0) is 19.4 Å². The van der Waals surface area contributed by atoms with E-state index in [9.17, 15) is 5.11 Å². The summed E-state index contributed by atoms with van der Waals surface area (Å²) < 4.78 is 16.3. The monoisotopic (exact) mass is 252 g/mol. The third-order valence-corrected chi connectivity index (χ3v) is 2.96. The van der Waals surface area contributed by atoms with Gasteiger partial charge in [0.1, 0.15) is 11.9 Å². The van der Waals surface area contributed by atoms with Crippen molar-refractivity contribution in [3.8, 4) is 5.75 Å². The molecule has 1 aromatic rings. The molecule has 1 fully saturated rings. The summed E-state index contributed by atoms with van der Waals surface area (Å²) in [6.07, 6.45) is 0.354. The molecule has 1 aliphatic heterocycles. The Kier molecular flexibility index (Phi) is 4.99. The van der Waals surface area contributed by atoms with Crippen LogP contribution >= 0.6 is 0 Å². The van der Waals surface area contributed by atoms with Crippen molar-refractivity contribution in [3.63, 3.8) is 0 Å². The summed E-state index contributed by atoms with van der Waals surface area (Å²) >= 11 is 0. The highest BCUT2D eigenvalue weighted by molar-refractivity contribution is 5.35. The van der Waals surface area contributed by atoms with Crippen LogP contribution in [-0.2, 0) is 9.47 Å². The van der Waals surface area contributed by atoms with Crippen molar-refractivity contribution in [1.82, 2.24) is 0 Å². The highest BCUT2D eigenvalue weighted by atomic mass is 16.5. The van der Waals surface area contributed by atoms with E-state index in [1.54, 1.807) is 0 Å². The molecule has 100 valence electrons. The number of aliphatic hydroxyl groups is 1. The van der Waals surface area contributed by atoms with Gasteiger partial charge in [-0.15, -0.1) is 0 Å². The Morgan fingerprint density at radius 1 is 1.44 bits per heavy atom. The van der Waals surface area contributed by atoms with Crippen LogP contribution in [0.25, 0.3) is 0 Å². The van der Waals surface area contributed by atoms with E-state index in [1.165, 1.54) is 0 Å². The SMILES string of the molecule is CCOc1ccccc1C(O)COC1CCOC1. The summed E-state index contributed by atoms with van der Waals surface area (Å²) in [4.78, 5) is 0. The summed E-state index contributed by atoms with van der Waals surface area (Å²) in [6, 6.07) is 7.51. The van der Waals surface area contributed by atoms with Crippen molar-refractivity contribution in [3.05, 3.63) is 29.8 Å². The minimum absolute atomic E-state index is 0.110. The number of rotatable bonds is 6. The average Bonchev–Trinajstić information content (AvgIpc) is 2.90. The highest BCUT2D eigenvalue weighted by Crippen LogP contribution is 2.25. The second-order valence-electron chi connectivity index (χ2n) is 4.31. The minimum atomic E-state index is -0.659. The molecule has 18 heavy (non-hydrogen) atoms. The fourth-order valence-electron chi connectivity index (χ4n) is 2.00. The number of hydrogen-bond acceptors (Lipinski definition) is 4. The van der Waals surface area contributed by atoms with E-state index in [0.29, 0.717) is 13.2 Å². The van der Waals surface area contributed by atoms with Gasteiger partial charge in [0.25, 0.3) is 0 Å². The summed E-state index contributed by atoms with van der Waals surface area (Å²) in [5, 5.41) is 10.1. The highest BCUT2D eigenvalue weighted by Gasteiger charge is 2.19. The van der Waals surface area contributed by atoms with Crippen LogP contribution in [0.5, 0.6) is 5.75 Å². The molecule has 1 aliphatic rings. The van der Waals surface area contributed by atoms with Crippen LogP contribution in [0.4, 0.5) is 0 Å². The van der Waals surface area contributed by atoms with Gasteiger partial charge in [0.15, 0.2) is 0 Å². The summed E-state index contributed by atoms with van der Waals surface area (Å²) in [7, 11) is 0. The van der Waals surface area contributed by atoms with Gasteiger partial charge in [-0.25, -0.2) is 0 Å². The normalized spacial score (nSPS) is 20.9. The van der Waals surface area contributed by atoms with Gasteiger partial charge in [0, 0.05) is 12.2 Å². The molecule has 2 rings (SSSR count). The summed E-state index contributed by atoms with van der Waals surface area (Å²) in [6.45, 7) is 4.16. The Labute approximate surface area is 107 Å². The third kappa shape index (κ3) is 3.45. The molecule has 0 bridgehead atoms. The van der Waals surface area contributed by atoms with Crippen LogP contribution in [0, 0.1) is 0 Å². The van der Waals surface area contributed by atoms with Gasteiger partial charge in [-0.2, -0.15) is 0 Å². The molecule has 0 amide bonds. The Balaban J connectivity index is 1.92. The molecule has 1 N–H and O–H groups in total. The van der Waals surface area contributed by atoms with E-state index in [0.717, 1.165) is 24.3 Å². The van der Waals surface area contributed by atoms with Crippen molar-refractivity contribution >= 4 is 0 Å². The van der Waals surface area contributed by atoms with Gasteiger partial charge in [-0.1, -0.05) is 18.2 Å². The van der Waals surface area contributed by atoms with E-state index < -0.39 is 6.10 Å². The molecule has 1 heterocycles. The zero-order valence-corrected chi connectivity index (χ0v) is 10.7. The van der Waals surface area contributed by atoms with Gasteiger partial charge in [-0.3, -0.25) is 0 Å². The Bertz CT molecular complexity index is 361. The fraction of sp³-hybridized carbons (Fsp3) is 0.571. The lowest BCUT2D eigenvalue weighted by Gasteiger charge is -2.17. The Morgan fingerprint density at radius 2 is 2.28 bits per heavy atom. The maximum absolute atomic E-state index is 10.1. The molecule has 0 saturated carbocycles. The quantitative estimate of drug-likeness (QED) is 0.840. The van der Waals surface area contributed by atoms with Crippen molar-refractivity contribution in [2.75, 3.05) is 26.4 Å². The van der Waals surface area contributed by atoms with Gasteiger partial charge in [0.05, 0.1) is 25.9 Å². The molecular formula is C14H20O4. The number of hydrogen-bond donors (Lipinski definition) is 1. The van der Waals surface area contributed by atoms with Crippen LogP contribution in [0.3, 0.4) is 0 Å². The first-order valence-electron chi connectivity index (χ1n) is 6.40. The maximum Gasteiger partial charge on any atom is 0.125 e. The van der Waals surface area contributed by atoms with Gasteiger partial charge >= 0.3 is 0 Å². The van der Waals surface area contributed by atoms with E-state index in [2.05, 4.69) is 0 Å². The smallest absolute Gasteiger partial charge is 0.125 e. The van der Waals surface area contributed by atoms with Crippen molar-refractivity contribution < 1.29 is 19.3 Å². The molecule has 0 radical (unpaired) electrons. The van der Waals surface area contributed by atoms with E-state index in [-0.39, 0.29) is 12.7 Å². The van der Waals surface area contributed by atoms with Crippen LogP contribution < -0.4 is 4.74 Å². The second-order valence-corrected chi connectivity index (χ2v) is 4.31. The topological polar surface area (TPSA) is 47.9 Å². The zero-order valence-electron chi connectivity index (χ0n) is 10.7. The predicted octanol–water partition coefficient (Wildman–Crippen LogP) is 1.92. The molecule has 1 saturated heterocycles. The van der Waals surface area contributed by atoms with E-state index in [1.807, 2.05) is 31.2 Å². The van der Waals surface area contributed by atoms with Crippen LogP contribution in [-0.4, -0.2) is 37.6 Å². The minimum Gasteiger partial charge on any atom is -0.493 e. The third-order valence-electron chi connectivity index (χ3n) is 2.96. The molecule has 0 aliphatic carbocycles. The van der Waals surface area contributed by atoms with Crippen molar-refractivity contribution in [2.45, 2.75) is 25.6 Å². The lowest BCUT2D eigenvalue weighted by atomic mass is 10.1. The van der Waals surface area contributed by atoms with Gasteiger partial charge in [0.2, 0.25) is 0 Å². The largest absolute Gasteiger partial charge is 0.493 e. The van der Waals surface area contributed by atoms with Gasteiger partial charge < -0.3 is 19.3 Å². The van der Waals surface area contributed by atoms with Crippen LogP contribution in [0.2, 0.25) is 0 Å².